The van der Waals surface area contributed by atoms with Crippen LogP contribution in [0.4, 0.5) is 5.69 Å². The molecule has 0 aliphatic carbocycles. The Morgan fingerprint density at radius 2 is 1.73 bits per heavy atom. The smallest absolute Gasteiger partial charge is 0.161 e. The predicted molar refractivity (Wildman–Crippen MR) is 118 cm³/mol. The van der Waals surface area contributed by atoms with Crippen LogP contribution in [0.15, 0.2) is 36.4 Å². The van der Waals surface area contributed by atoms with E-state index < -0.39 is 0 Å². The predicted octanol–water partition coefficient (Wildman–Crippen LogP) is 3.94. The summed E-state index contributed by atoms with van der Waals surface area (Å²) in [6, 6.07) is 12.9. The average molecular weight is 405 g/mol. The monoisotopic (exact) mass is 405 g/mol. The third-order valence-corrected chi connectivity index (χ3v) is 6.12. The summed E-state index contributed by atoms with van der Waals surface area (Å²) in [6.45, 7) is 6.40. The van der Waals surface area contributed by atoms with Crippen LogP contribution in [-0.4, -0.2) is 50.1 Å². The molecule has 1 fully saturated rings. The second kappa shape index (κ2) is 7.69. The average Bonchev–Trinajstić information content (AvgIpc) is 3.15. The molecule has 30 heavy (non-hydrogen) atoms. The highest BCUT2D eigenvalue weighted by molar-refractivity contribution is 5.84. The van der Waals surface area contributed by atoms with Crippen LogP contribution in [0.3, 0.4) is 0 Å². The molecule has 156 valence electrons. The van der Waals surface area contributed by atoms with Crippen molar-refractivity contribution in [2.45, 2.75) is 19.9 Å². The van der Waals surface area contributed by atoms with Crippen molar-refractivity contribution in [2.75, 3.05) is 45.4 Å². The molecule has 0 N–H and O–H groups in total. The van der Waals surface area contributed by atoms with Crippen LogP contribution in [0.2, 0.25) is 0 Å². The van der Waals surface area contributed by atoms with Crippen molar-refractivity contribution < 1.29 is 14.2 Å². The van der Waals surface area contributed by atoms with Crippen LogP contribution in [0.25, 0.3) is 22.5 Å². The normalized spacial score (nSPS) is 15.5. The lowest BCUT2D eigenvalue weighted by Gasteiger charge is -2.29. The maximum absolute atomic E-state index is 5.60. The molecule has 1 aromatic heterocycles. The molecule has 2 aliphatic heterocycles. The number of morpholine rings is 1. The van der Waals surface area contributed by atoms with Gasteiger partial charge in [-0.2, -0.15) is 0 Å². The number of rotatable bonds is 4. The number of fused-ring (bicyclic) bond motifs is 3. The Morgan fingerprint density at radius 3 is 2.50 bits per heavy atom. The van der Waals surface area contributed by atoms with Gasteiger partial charge in [-0.3, -0.25) is 0 Å². The Bertz CT molecular complexity index is 1080. The topological polar surface area (TPSA) is 48.8 Å². The zero-order valence-electron chi connectivity index (χ0n) is 17.8. The largest absolute Gasteiger partial charge is 0.493 e. The van der Waals surface area contributed by atoms with E-state index in [9.17, 15) is 0 Å². The van der Waals surface area contributed by atoms with E-state index >= 15 is 0 Å². The lowest BCUT2D eigenvalue weighted by atomic mass is 9.94. The summed E-state index contributed by atoms with van der Waals surface area (Å²) in [5.74, 6) is 2.56. The van der Waals surface area contributed by atoms with E-state index in [1.54, 1.807) is 14.2 Å². The Balaban J connectivity index is 1.63. The molecular formula is C24H27N3O3. The highest BCUT2D eigenvalue weighted by Gasteiger charge is 2.26. The van der Waals surface area contributed by atoms with E-state index in [0.717, 1.165) is 73.5 Å². The third-order valence-electron chi connectivity index (χ3n) is 6.12. The molecule has 6 heteroatoms. The fourth-order valence-corrected chi connectivity index (χ4v) is 4.56. The minimum atomic E-state index is 0.747. The van der Waals surface area contributed by atoms with Crippen LogP contribution in [0, 0.1) is 6.92 Å². The van der Waals surface area contributed by atoms with Crippen LogP contribution in [0.5, 0.6) is 11.5 Å². The fourth-order valence-electron chi connectivity index (χ4n) is 4.56. The van der Waals surface area contributed by atoms with Gasteiger partial charge in [0.1, 0.15) is 5.82 Å². The summed E-state index contributed by atoms with van der Waals surface area (Å²) in [6.07, 6.45) is 0.952. The molecule has 0 saturated carbocycles. The number of aryl methyl sites for hydroxylation is 2. The van der Waals surface area contributed by atoms with Crippen LogP contribution >= 0.6 is 0 Å². The van der Waals surface area contributed by atoms with E-state index in [1.807, 2.05) is 0 Å². The van der Waals surface area contributed by atoms with Crippen molar-refractivity contribution >= 4 is 5.69 Å². The Labute approximate surface area is 177 Å². The lowest BCUT2D eigenvalue weighted by Crippen LogP contribution is -2.36. The minimum Gasteiger partial charge on any atom is -0.493 e. The molecule has 2 aromatic carbocycles. The molecule has 3 heterocycles. The van der Waals surface area contributed by atoms with Crippen molar-refractivity contribution in [3.8, 4) is 34.0 Å². The van der Waals surface area contributed by atoms with Crippen LogP contribution in [-0.2, 0) is 17.7 Å². The van der Waals surface area contributed by atoms with Gasteiger partial charge < -0.3 is 23.7 Å². The molecule has 0 spiro atoms. The highest BCUT2D eigenvalue weighted by Crippen LogP contribution is 2.43. The standard InChI is InChI=1S/C24H27N3O3/c1-16-25-23(18-5-4-6-19(13-18)26-9-11-30-12-10-26)24-20-15-22(29-3)21(28-2)14-17(20)7-8-27(16)24/h4-6,13-15H,7-12H2,1-3H3. The Morgan fingerprint density at radius 1 is 0.967 bits per heavy atom. The molecule has 0 radical (unpaired) electrons. The lowest BCUT2D eigenvalue weighted by molar-refractivity contribution is 0.122. The molecule has 1 saturated heterocycles. The first kappa shape index (κ1) is 19.0. The minimum absolute atomic E-state index is 0.747. The van der Waals surface area contributed by atoms with E-state index in [2.05, 4.69) is 52.8 Å². The summed E-state index contributed by atoms with van der Waals surface area (Å²) in [4.78, 5) is 7.37. The van der Waals surface area contributed by atoms with Gasteiger partial charge >= 0.3 is 0 Å². The van der Waals surface area contributed by atoms with Gasteiger partial charge in [0, 0.05) is 36.4 Å². The number of nitrogens with zero attached hydrogens (tertiary/aromatic N) is 3. The zero-order chi connectivity index (χ0) is 20.7. The maximum atomic E-state index is 5.60. The van der Waals surface area contributed by atoms with Crippen molar-refractivity contribution in [3.05, 3.63) is 47.8 Å². The quantitative estimate of drug-likeness (QED) is 0.658. The molecule has 0 bridgehead atoms. The van der Waals surface area contributed by atoms with Crippen LogP contribution < -0.4 is 14.4 Å². The summed E-state index contributed by atoms with van der Waals surface area (Å²) in [5.41, 5.74) is 6.98. The van der Waals surface area contributed by atoms with E-state index in [1.165, 1.54) is 16.8 Å². The second-order valence-electron chi connectivity index (χ2n) is 7.77. The molecule has 3 aromatic rings. The van der Waals surface area contributed by atoms with Gasteiger partial charge in [0.25, 0.3) is 0 Å². The Kier molecular flexibility index (Phi) is 4.87. The zero-order valence-corrected chi connectivity index (χ0v) is 17.8. The maximum Gasteiger partial charge on any atom is 0.161 e. The first-order valence-electron chi connectivity index (χ1n) is 10.4. The van der Waals surface area contributed by atoms with Gasteiger partial charge in [0.2, 0.25) is 0 Å². The van der Waals surface area contributed by atoms with Gasteiger partial charge in [-0.1, -0.05) is 12.1 Å². The molecule has 0 atom stereocenters. The van der Waals surface area contributed by atoms with Gasteiger partial charge in [-0.25, -0.2) is 4.98 Å². The highest BCUT2D eigenvalue weighted by atomic mass is 16.5. The van der Waals surface area contributed by atoms with Gasteiger partial charge in [-0.05, 0) is 43.2 Å². The van der Waals surface area contributed by atoms with Gasteiger partial charge in [-0.15, -0.1) is 0 Å². The van der Waals surface area contributed by atoms with Crippen LogP contribution in [0.1, 0.15) is 11.4 Å². The molecule has 6 nitrogen and oxygen atoms in total. The summed E-state index contributed by atoms with van der Waals surface area (Å²) < 4.78 is 19.0. The van der Waals surface area contributed by atoms with Gasteiger partial charge in [0.05, 0.1) is 38.8 Å². The number of benzene rings is 2. The molecule has 0 unspecified atom stereocenters. The van der Waals surface area contributed by atoms with Crippen molar-refractivity contribution in [1.82, 2.24) is 9.55 Å². The number of methoxy groups -OCH3 is 2. The van der Waals surface area contributed by atoms with E-state index in [4.69, 9.17) is 19.2 Å². The summed E-state index contributed by atoms with van der Waals surface area (Å²) in [5, 5.41) is 0. The number of aromatic nitrogens is 2. The van der Waals surface area contributed by atoms with Crippen molar-refractivity contribution in [1.29, 1.82) is 0 Å². The SMILES string of the molecule is COc1cc2c(cc1OC)-c1c(-c3cccc(N4CCOCC4)c3)nc(C)n1CC2. The first-order chi connectivity index (χ1) is 14.7. The number of hydrogen-bond donors (Lipinski definition) is 0. The van der Waals surface area contributed by atoms with Crippen molar-refractivity contribution in [2.24, 2.45) is 0 Å². The first-order valence-corrected chi connectivity index (χ1v) is 10.4. The Hall–Kier alpha value is -2.99. The summed E-state index contributed by atoms with van der Waals surface area (Å²) in [7, 11) is 3.37. The van der Waals surface area contributed by atoms with Crippen molar-refractivity contribution in [3.63, 3.8) is 0 Å². The molecule has 0 amide bonds. The van der Waals surface area contributed by atoms with E-state index in [-0.39, 0.29) is 0 Å². The van der Waals surface area contributed by atoms with Gasteiger partial charge in [0.15, 0.2) is 11.5 Å². The molecule has 2 aliphatic rings. The number of ether oxygens (including phenoxy) is 3. The fraction of sp³-hybridized carbons (Fsp3) is 0.375. The third kappa shape index (κ3) is 3.12. The molecule has 5 rings (SSSR count). The number of anilines is 1. The molecular weight excluding hydrogens is 378 g/mol. The number of hydrogen-bond acceptors (Lipinski definition) is 5. The summed E-state index contributed by atoms with van der Waals surface area (Å²) >= 11 is 0. The second-order valence-corrected chi connectivity index (χ2v) is 7.77. The van der Waals surface area contributed by atoms with E-state index in [0.29, 0.717) is 0 Å². The number of imidazole rings is 1.